The van der Waals surface area contributed by atoms with Gasteiger partial charge in [0.05, 0.1) is 15.9 Å². The van der Waals surface area contributed by atoms with E-state index in [1.807, 2.05) is 31.7 Å². The fraction of sp³-hybridized carbons (Fsp3) is 0.632. The van der Waals surface area contributed by atoms with Gasteiger partial charge in [-0.3, -0.25) is 4.79 Å². The topological polar surface area (TPSA) is 80.5 Å². The molecule has 3 unspecified atom stereocenters. The second-order valence-corrected chi connectivity index (χ2v) is 10.5. The van der Waals surface area contributed by atoms with Crippen molar-refractivity contribution in [3.63, 3.8) is 0 Å². The first-order chi connectivity index (χ1) is 12.3. The summed E-state index contributed by atoms with van der Waals surface area (Å²) in [7, 11) is -3.32. The van der Waals surface area contributed by atoms with E-state index in [4.69, 9.17) is 5.73 Å². The number of thioether (sulfide) groups is 1. The van der Waals surface area contributed by atoms with Gasteiger partial charge in [-0.25, -0.2) is 8.42 Å². The van der Waals surface area contributed by atoms with Crippen molar-refractivity contribution in [2.45, 2.75) is 61.1 Å². The lowest BCUT2D eigenvalue weighted by Gasteiger charge is -2.36. The first-order valence-electron chi connectivity index (χ1n) is 9.29. The predicted molar refractivity (Wildman–Crippen MR) is 107 cm³/mol. The van der Waals surface area contributed by atoms with E-state index in [2.05, 4.69) is 0 Å². The Bertz CT molecular complexity index is 719. The maximum absolute atomic E-state index is 12.9. The van der Waals surface area contributed by atoms with E-state index in [0.29, 0.717) is 28.7 Å². The zero-order chi connectivity index (χ0) is 19.3. The van der Waals surface area contributed by atoms with Gasteiger partial charge in [-0.05, 0) is 51.2 Å². The molecule has 1 fully saturated rings. The average Bonchev–Trinajstić information content (AvgIpc) is 2.61. The number of carbonyl (C=O) groups is 1. The Morgan fingerprint density at radius 1 is 1.35 bits per heavy atom. The molecule has 1 aliphatic rings. The maximum atomic E-state index is 12.9. The molecule has 1 saturated heterocycles. The van der Waals surface area contributed by atoms with Crippen LogP contribution < -0.4 is 5.73 Å². The van der Waals surface area contributed by atoms with Gasteiger partial charge in [-0.1, -0.05) is 19.1 Å². The molecular weight excluding hydrogens is 368 g/mol. The minimum Gasteiger partial charge on any atom is -0.341 e. The molecule has 5 nitrogen and oxygen atoms in total. The molecule has 26 heavy (non-hydrogen) atoms. The molecule has 2 rings (SSSR count). The molecule has 2 N–H and O–H groups in total. The smallest absolute Gasteiger partial charge is 0.235 e. The monoisotopic (exact) mass is 398 g/mol. The summed E-state index contributed by atoms with van der Waals surface area (Å²) in [6.45, 7) is 7.14. The number of hydrogen-bond donors (Lipinski definition) is 1. The summed E-state index contributed by atoms with van der Waals surface area (Å²) in [6.07, 6.45) is 2.60. The molecule has 1 aromatic rings. The molecule has 0 radical (unpaired) electrons. The SMILES string of the molecule is CCCS(=O)(=O)c1ccccc1SC(C)C(=O)N1CCCC(C(C)N)C1. The van der Waals surface area contributed by atoms with Crippen LogP contribution in [0.5, 0.6) is 0 Å². The van der Waals surface area contributed by atoms with Crippen molar-refractivity contribution in [3.05, 3.63) is 24.3 Å². The Hall–Kier alpha value is -1.05. The molecule has 3 atom stereocenters. The van der Waals surface area contributed by atoms with Crippen LogP contribution in [0.1, 0.15) is 40.0 Å². The van der Waals surface area contributed by atoms with Crippen LogP contribution in [0.3, 0.4) is 0 Å². The van der Waals surface area contributed by atoms with E-state index in [-0.39, 0.29) is 23.0 Å². The lowest BCUT2D eigenvalue weighted by atomic mass is 9.92. The quantitative estimate of drug-likeness (QED) is 0.714. The van der Waals surface area contributed by atoms with Gasteiger partial charge in [-0.2, -0.15) is 0 Å². The number of nitrogens with two attached hydrogens (primary N) is 1. The van der Waals surface area contributed by atoms with Crippen molar-refractivity contribution in [2.24, 2.45) is 11.7 Å². The van der Waals surface area contributed by atoms with Crippen molar-refractivity contribution in [3.8, 4) is 0 Å². The Morgan fingerprint density at radius 2 is 2.04 bits per heavy atom. The molecule has 0 aliphatic carbocycles. The van der Waals surface area contributed by atoms with E-state index >= 15 is 0 Å². The first kappa shape index (κ1) is 21.3. The number of nitrogens with zero attached hydrogens (tertiary/aromatic N) is 1. The van der Waals surface area contributed by atoms with Gasteiger partial charge in [-0.15, -0.1) is 11.8 Å². The minimum absolute atomic E-state index is 0.0584. The number of sulfone groups is 1. The number of likely N-dealkylation sites (tertiary alicyclic amines) is 1. The van der Waals surface area contributed by atoms with Crippen molar-refractivity contribution >= 4 is 27.5 Å². The lowest BCUT2D eigenvalue weighted by molar-refractivity contribution is -0.132. The van der Waals surface area contributed by atoms with Gasteiger partial charge in [0.15, 0.2) is 9.84 Å². The van der Waals surface area contributed by atoms with Gasteiger partial charge in [0, 0.05) is 24.0 Å². The second-order valence-electron chi connectivity index (χ2n) is 7.07. The number of hydrogen-bond acceptors (Lipinski definition) is 5. The maximum Gasteiger partial charge on any atom is 0.235 e. The van der Waals surface area contributed by atoms with E-state index in [1.165, 1.54) is 11.8 Å². The van der Waals surface area contributed by atoms with Crippen LogP contribution in [-0.4, -0.2) is 49.4 Å². The summed E-state index contributed by atoms with van der Waals surface area (Å²) < 4.78 is 25.0. The van der Waals surface area contributed by atoms with Gasteiger partial charge >= 0.3 is 0 Å². The highest BCUT2D eigenvalue weighted by Gasteiger charge is 2.29. The van der Waals surface area contributed by atoms with Crippen molar-refractivity contribution in [1.29, 1.82) is 0 Å². The Labute approximate surface area is 161 Å². The Morgan fingerprint density at radius 3 is 2.69 bits per heavy atom. The van der Waals surface area contributed by atoms with Crippen molar-refractivity contribution < 1.29 is 13.2 Å². The molecular formula is C19H30N2O3S2. The van der Waals surface area contributed by atoms with E-state index < -0.39 is 9.84 Å². The summed E-state index contributed by atoms with van der Waals surface area (Å²) >= 11 is 1.33. The molecule has 1 aliphatic heterocycles. The summed E-state index contributed by atoms with van der Waals surface area (Å²) in [5.41, 5.74) is 6.02. The van der Waals surface area contributed by atoms with Crippen LogP contribution >= 0.6 is 11.8 Å². The van der Waals surface area contributed by atoms with Gasteiger partial charge in [0.2, 0.25) is 5.91 Å². The van der Waals surface area contributed by atoms with Crippen LogP contribution in [-0.2, 0) is 14.6 Å². The number of piperidine rings is 1. The standard InChI is InChI=1S/C19H30N2O3S2/c1-4-12-26(23,24)18-10-6-5-9-17(18)25-15(3)19(22)21-11-7-8-16(13-21)14(2)20/h5-6,9-10,14-16H,4,7-8,11-13,20H2,1-3H3. The van der Waals surface area contributed by atoms with Gasteiger partial charge in [0.1, 0.15) is 0 Å². The summed E-state index contributed by atoms with van der Waals surface area (Å²) in [5.74, 6) is 0.514. The van der Waals surface area contributed by atoms with E-state index in [9.17, 15) is 13.2 Å². The fourth-order valence-electron chi connectivity index (χ4n) is 3.32. The highest BCUT2D eigenvalue weighted by molar-refractivity contribution is 8.01. The van der Waals surface area contributed by atoms with Crippen molar-refractivity contribution in [1.82, 2.24) is 4.90 Å². The van der Waals surface area contributed by atoms with Crippen molar-refractivity contribution in [2.75, 3.05) is 18.8 Å². The first-order valence-corrected chi connectivity index (χ1v) is 11.8. The highest BCUT2D eigenvalue weighted by Crippen LogP contribution is 2.32. The number of rotatable bonds is 7. The third kappa shape index (κ3) is 5.24. The summed E-state index contributed by atoms with van der Waals surface area (Å²) in [5, 5.41) is -0.334. The second kappa shape index (κ2) is 9.24. The molecule has 146 valence electrons. The fourth-order valence-corrected chi connectivity index (χ4v) is 6.24. The number of carbonyl (C=O) groups excluding carboxylic acids is 1. The van der Waals surface area contributed by atoms with E-state index in [1.54, 1.807) is 18.2 Å². The van der Waals surface area contributed by atoms with Gasteiger partial charge in [0.25, 0.3) is 0 Å². The molecule has 1 aromatic carbocycles. The van der Waals surface area contributed by atoms with Crippen LogP contribution in [0, 0.1) is 5.92 Å². The van der Waals surface area contributed by atoms with E-state index in [0.717, 1.165) is 19.4 Å². The Balaban J connectivity index is 2.12. The number of amides is 1. The average molecular weight is 399 g/mol. The lowest BCUT2D eigenvalue weighted by Crippen LogP contribution is -2.47. The normalized spacial score (nSPS) is 20.6. The highest BCUT2D eigenvalue weighted by atomic mass is 32.2. The zero-order valence-electron chi connectivity index (χ0n) is 15.8. The summed E-state index contributed by atoms with van der Waals surface area (Å²) in [4.78, 5) is 15.7. The molecule has 0 saturated carbocycles. The molecule has 0 spiro atoms. The van der Waals surface area contributed by atoms with Crippen LogP contribution in [0.25, 0.3) is 0 Å². The Kier molecular flexibility index (Phi) is 7.55. The van der Waals surface area contributed by atoms with Crippen LogP contribution in [0.2, 0.25) is 0 Å². The third-order valence-corrected chi connectivity index (χ3v) is 8.09. The molecule has 7 heteroatoms. The van der Waals surface area contributed by atoms with Gasteiger partial charge < -0.3 is 10.6 Å². The van der Waals surface area contributed by atoms with Crippen LogP contribution in [0.15, 0.2) is 34.1 Å². The zero-order valence-corrected chi connectivity index (χ0v) is 17.5. The van der Waals surface area contributed by atoms with Crippen LogP contribution in [0.4, 0.5) is 0 Å². The third-order valence-electron chi connectivity index (χ3n) is 4.82. The number of benzene rings is 1. The minimum atomic E-state index is -3.32. The largest absolute Gasteiger partial charge is 0.341 e. The molecule has 0 bridgehead atoms. The predicted octanol–water partition coefficient (Wildman–Crippen LogP) is 2.94. The summed E-state index contributed by atoms with van der Waals surface area (Å²) in [6, 6.07) is 7.05. The molecule has 0 aromatic heterocycles. The molecule has 1 heterocycles. The molecule has 1 amide bonds.